The minimum absolute atomic E-state index is 0.205. The lowest BCUT2D eigenvalue weighted by Gasteiger charge is -2.25. The van der Waals surface area contributed by atoms with Crippen LogP contribution in [0.15, 0.2) is 27.8 Å². The molecule has 0 saturated carbocycles. The molecule has 1 saturated heterocycles. The number of benzene rings is 1. The zero-order valence-electron chi connectivity index (χ0n) is 19.7. The quantitative estimate of drug-likeness (QED) is 0.595. The fourth-order valence-corrected chi connectivity index (χ4v) is 5.44. The van der Waals surface area contributed by atoms with Crippen LogP contribution in [-0.4, -0.2) is 33.1 Å². The standard InChI is InChI=1S/C24H31N5O3S/c1-5-17-11-9-10-16(4)19(17)25-18(30)14-28-21-20(22(31)29(15(2)3)24(28)32)33-23(26-21)27-12-7-6-8-13-27/h9-11,15H,5-8,12-14H2,1-4H3,(H,25,30). The van der Waals surface area contributed by atoms with Gasteiger partial charge in [-0.15, -0.1) is 0 Å². The molecular weight excluding hydrogens is 438 g/mol. The smallest absolute Gasteiger partial charge is 0.333 e. The van der Waals surface area contributed by atoms with E-state index in [4.69, 9.17) is 0 Å². The molecule has 1 fully saturated rings. The highest BCUT2D eigenvalue weighted by Gasteiger charge is 2.23. The first kappa shape index (κ1) is 23.2. The van der Waals surface area contributed by atoms with Gasteiger partial charge in [-0.2, -0.15) is 0 Å². The van der Waals surface area contributed by atoms with Gasteiger partial charge in [0.2, 0.25) is 5.91 Å². The third-order valence-corrected chi connectivity index (χ3v) is 7.25. The van der Waals surface area contributed by atoms with E-state index in [0.29, 0.717) is 10.3 Å². The Balaban J connectivity index is 1.77. The van der Waals surface area contributed by atoms with Crippen molar-refractivity contribution in [2.45, 2.75) is 66.0 Å². The van der Waals surface area contributed by atoms with Gasteiger partial charge in [0.1, 0.15) is 11.2 Å². The van der Waals surface area contributed by atoms with E-state index in [-0.39, 0.29) is 24.1 Å². The molecule has 0 radical (unpaired) electrons. The van der Waals surface area contributed by atoms with Crippen LogP contribution < -0.4 is 21.5 Å². The molecule has 1 aliphatic rings. The van der Waals surface area contributed by atoms with E-state index in [1.54, 1.807) is 13.8 Å². The summed E-state index contributed by atoms with van der Waals surface area (Å²) in [4.78, 5) is 46.4. The van der Waals surface area contributed by atoms with Crippen molar-refractivity contribution >= 4 is 38.4 Å². The second-order valence-electron chi connectivity index (χ2n) is 8.85. The lowest BCUT2D eigenvalue weighted by atomic mass is 10.1. The normalized spacial score (nSPS) is 14.3. The van der Waals surface area contributed by atoms with Crippen LogP contribution in [0, 0.1) is 6.92 Å². The Morgan fingerprint density at radius 1 is 1.18 bits per heavy atom. The summed E-state index contributed by atoms with van der Waals surface area (Å²) in [5.74, 6) is -0.316. The van der Waals surface area contributed by atoms with Crippen LogP contribution in [0.25, 0.3) is 10.3 Å². The maximum absolute atomic E-state index is 13.3. The average molecular weight is 470 g/mol. The van der Waals surface area contributed by atoms with Crippen molar-refractivity contribution < 1.29 is 4.79 Å². The molecule has 0 bridgehead atoms. The number of hydrogen-bond acceptors (Lipinski definition) is 6. The first-order chi connectivity index (χ1) is 15.8. The first-order valence-corrected chi connectivity index (χ1v) is 12.4. The summed E-state index contributed by atoms with van der Waals surface area (Å²) >= 11 is 1.31. The van der Waals surface area contributed by atoms with Crippen molar-refractivity contribution in [3.05, 3.63) is 50.2 Å². The summed E-state index contributed by atoms with van der Waals surface area (Å²) in [5, 5.41) is 3.72. The fourth-order valence-electron chi connectivity index (χ4n) is 4.38. The van der Waals surface area contributed by atoms with Crippen LogP contribution in [0.5, 0.6) is 0 Å². The molecule has 2 aromatic heterocycles. The fraction of sp³-hybridized carbons (Fsp3) is 0.500. The Bertz CT molecular complexity index is 1300. The van der Waals surface area contributed by atoms with E-state index < -0.39 is 5.69 Å². The van der Waals surface area contributed by atoms with Crippen LogP contribution in [-0.2, 0) is 17.8 Å². The molecule has 8 nitrogen and oxygen atoms in total. The minimum atomic E-state index is -0.506. The van der Waals surface area contributed by atoms with E-state index in [1.165, 1.54) is 26.9 Å². The zero-order chi connectivity index (χ0) is 23.7. The Morgan fingerprint density at radius 3 is 2.58 bits per heavy atom. The number of hydrogen-bond donors (Lipinski definition) is 1. The number of nitrogens with zero attached hydrogens (tertiary/aromatic N) is 4. The molecule has 1 aliphatic heterocycles. The van der Waals surface area contributed by atoms with Crippen molar-refractivity contribution in [2.75, 3.05) is 23.3 Å². The molecule has 3 heterocycles. The Morgan fingerprint density at radius 2 is 1.91 bits per heavy atom. The molecular formula is C24H31N5O3S. The Labute approximate surface area is 196 Å². The van der Waals surface area contributed by atoms with E-state index >= 15 is 0 Å². The van der Waals surface area contributed by atoms with Crippen LogP contribution in [0.3, 0.4) is 0 Å². The molecule has 9 heteroatoms. The number of aromatic nitrogens is 3. The van der Waals surface area contributed by atoms with Crippen LogP contribution >= 0.6 is 11.3 Å². The SMILES string of the molecule is CCc1cccc(C)c1NC(=O)Cn1c(=O)n(C(C)C)c(=O)c2sc(N3CCCCC3)nc21. The molecule has 0 spiro atoms. The lowest BCUT2D eigenvalue weighted by Crippen LogP contribution is -2.42. The van der Waals surface area contributed by atoms with Crippen LogP contribution in [0.2, 0.25) is 0 Å². The number of rotatable bonds is 6. The number of thiazole rings is 1. The van der Waals surface area contributed by atoms with Gasteiger partial charge in [-0.05, 0) is 57.6 Å². The maximum atomic E-state index is 13.3. The van der Waals surface area contributed by atoms with Crippen molar-refractivity contribution in [3.8, 4) is 0 Å². The predicted molar refractivity (Wildman–Crippen MR) is 134 cm³/mol. The molecule has 0 unspecified atom stereocenters. The molecule has 33 heavy (non-hydrogen) atoms. The molecule has 0 aliphatic carbocycles. The van der Waals surface area contributed by atoms with Gasteiger partial charge in [-0.25, -0.2) is 9.78 Å². The predicted octanol–water partition coefficient (Wildman–Crippen LogP) is 3.70. The van der Waals surface area contributed by atoms with E-state index in [0.717, 1.165) is 54.3 Å². The summed E-state index contributed by atoms with van der Waals surface area (Å²) < 4.78 is 2.99. The zero-order valence-corrected chi connectivity index (χ0v) is 20.5. The minimum Gasteiger partial charge on any atom is -0.348 e. The number of para-hydroxylation sites is 1. The lowest BCUT2D eigenvalue weighted by molar-refractivity contribution is -0.116. The largest absolute Gasteiger partial charge is 0.348 e. The summed E-state index contributed by atoms with van der Waals surface area (Å²) in [5.41, 5.74) is 2.23. The van der Waals surface area contributed by atoms with E-state index in [2.05, 4.69) is 15.2 Å². The molecule has 1 amide bonds. The summed E-state index contributed by atoms with van der Waals surface area (Å²) in [6, 6.07) is 5.57. The Kier molecular flexibility index (Phi) is 6.69. The topological polar surface area (TPSA) is 89.2 Å². The number of nitrogens with one attached hydrogen (secondary N) is 1. The summed E-state index contributed by atoms with van der Waals surface area (Å²) in [6.45, 7) is 9.14. The number of carbonyl (C=O) groups excluding carboxylic acids is 1. The van der Waals surface area contributed by atoms with E-state index in [9.17, 15) is 14.4 Å². The monoisotopic (exact) mass is 469 g/mol. The number of piperidine rings is 1. The molecule has 0 atom stereocenters. The maximum Gasteiger partial charge on any atom is 0.333 e. The van der Waals surface area contributed by atoms with Crippen LogP contribution in [0.1, 0.15) is 57.2 Å². The highest BCUT2D eigenvalue weighted by atomic mass is 32.1. The van der Waals surface area contributed by atoms with Crippen molar-refractivity contribution in [2.24, 2.45) is 0 Å². The molecule has 1 aromatic carbocycles. The van der Waals surface area contributed by atoms with Crippen LogP contribution in [0.4, 0.5) is 10.8 Å². The van der Waals surface area contributed by atoms with Gasteiger partial charge < -0.3 is 10.2 Å². The molecule has 1 N–H and O–H groups in total. The third-order valence-electron chi connectivity index (χ3n) is 6.15. The van der Waals surface area contributed by atoms with Gasteiger partial charge in [0, 0.05) is 24.8 Å². The summed E-state index contributed by atoms with van der Waals surface area (Å²) in [7, 11) is 0. The first-order valence-electron chi connectivity index (χ1n) is 11.6. The molecule has 3 aromatic rings. The van der Waals surface area contributed by atoms with Gasteiger partial charge >= 0.3 is 5.69 Å². The number of aryl methyl sites for hydroxylation is 2. The van der Waals surface area contributed by atoms with Crippen molar-refractivity contribution in [1.82, 2.24) is 14.1 Å². The van der Waals surface area contributed by atoms with Gasteiger partial charge in [-0.1, -0.05) is 36.5 Å². The third kappa shape index (κ3) is 4.46. The number of amides is 1. The highest BCUT2D eigenvalue weighted by molar-refractivity contribution is 7.22. The summed E-state index contributed by atoms with van der Waals surface area (Å²) in [6.07, 6.45) is 4.13. The Hall–Kier alpha value is -2.94. The second-order valence-corrected chi connectivity index (χ2v) is 9.82. The van der Waals surface area contributed by atoms with E-state index in [1.807, 2.05) is 32.0 Å². The highest BCUT2D eigenvalue weighted by Crippen LogP contribution is 2.28. The van der Waals surface area contributed by atoms with Gasteiger partial charge in [0.15, 0.2) is 10.8 Å². The number of fused-ring (bicyclic) bond motifs is 1. The van der Waals surface area contributed by atoms with Gasteiger partial charge in [-0.3, -0.25) is 18.7 Å². The average Bonchev–Trinajstić information content (AvgIpc) is 3.24. The van der Waals surface area contributed by atoms with Crippen molar-refractivity contribution in [1.29, 1.82) is 0 Å². The van der Waals surface area contributed by atoms with Gasteiger partial charge in [0.25, 0.3) is 5.56 Å². The van der Waals surface area contributed by atoms with Crippen molar-refractivity contribution in [3.63, 3.8) is 0 Å². The van der Waals surface area contributed by atoms with Gasteiger partial charge in [0.05, 0.1) is 0 Å². The number of carbonyl (C=O) groups is 1. The molecule has 176 valence electrons. The second kappa shape index (κ2) is 9.51. The number of anilines is 2. The molecule has 4 rings (SSSR count).